The van der Waals surface area contributed by atoms with Crippen LogP contribution in [0, 0.1) is 0 Å². The highest BCUT2D eigenvalue weighted by Crippen LogP contribution is 2.29. The molecule has 0 aliphatic carbocycles. The van der Waals surface area contributed by atoms with Gasteiger partial charge in [0.15, 0.2) is 11.2 Å². The summed E-state index contributed by atoms with van der Waals surface area (Å²) in [4.78, 5) is 30.8. The standard InChI is InChI=1S/C25H23N5O2/c1-4-15-28-23(31)21-22(27(3)25(28)32)26-24-29(21)16-20(18-9-7-6-8-10-18)30(24)19-13-11-17(5-2)12-14-19/h4,6-14,16H,1,5,15H2,2-3H3. The first-order valence-electron chi connectivity index (χ1n) is 10.5. The van der Waals surface area contributed by atoms with E-state index in [0.29, 0.717) is 16.9 Å². The Morgan fingerprint density at radius 2 is 1.75 bits per heavy atom. The lowest BCUT2D eigenvalue weighted by molar-refractivity contribution is 0.667. The van der Waals surface area contributed by atoms with Gasteiger partial charge in [0.1, 0.15) is 0 Å². The van der Waals surface area contributed by atoms with Crippen molar-refractivity contribution < 1.29 is 0 Å². The molecule has 0 spiro atoms. The van der Waals surface area contributed by atoms with Gasteiger partial charge in [-0.2, -0.15) is 4.98 Å². The molecule has 32 heavy (non-hydrogen) atoms. The van der Waals surface area contributed by atoms with Crippen LogP contribution in [0.1, 0.15) is 12.5 Å². The van der Waals surface area contributed by atoms with Crippen molar-refractivity contribution in [1.82, 2.24) is 23.1 Å². The molecule has 3 heterocycles. The zero-order valence-corrected chi connectivity index (χ0v) is 18.0. The van der Waals surface area contributed by atoms with Gasteiger partial charge in [-0.3, -0.25) is 22.9 Å². The highest BCUT2D eigenvalue weighted by molar-refractivity contribution is 5.79. The maximum absolute atomic E-state index is 13.3. The molecule has 7 nitrogen and oxygen atoms in total. The smallest absolute Gasteiger partial charge is 0.279 e. The number of hydrogen-bond acceptors (Lipinski definition) is 3. The molecule has 3 aromatic heterocycles. The fraction of sp³-hybridized carbons (Fsp3) is 0.160. The minimum absolute atomic E-state index is 0.138. The van der Waals surface area contributed by atoms with Gasteiger partial charge in [0.2, 0.25) is 5.78 Å². The lowest BCUT2D eigenvalue weighted by Crippen LogP contribution is -2.39. The van der Waals surface area contributed by atoms with Crippen LogP contribution in [0.4, 0.5) is 0 Å². The molecule has 0 unspecified atom stereocenters. The molecule has 0 amide bonds. The van der Waals surface area contributed by atoms with E-state index in [9.17, 15) is 9.59 Å². The molecular weight excluding hydrogens is 402 g/mol. The predicted octanol–water partition coefficient (Wildman–Crippen LogP) is 3.55. The van der Waals surface area contributed by atoms with Crippen LogP contribution in [0.25, 0.3) is 33.9 Å². The first-order chi connectivity index (χ1) is 15.5. The normalized spacial score (nSPS) is 11.4. The number of aromatic nitrogens is 5. The summed E-state index contributed by atoms with van der Waals surface area (Å²) in [6, 6.07) is 18.3. The second-order valence-electron chi connectivity index (χ2n) is 7.74. The van der Waals surface area contributed by atoms with Crippen LogP contribution in [0.5, 0.6) is 0 Å². The maximum Gasteiger partial charge on any atom is 0.332 e. The van der Waals surface area contributed by atoms with E-state index in [0.717, 1.165) is 23.4 Å². The largest absolute Gasteiger partial charge is 0.332 e. The average molecular weight is 425 g/mol. The molecule has 160 valence electrons. The summed E-state index contributed by atoms with van der Waals surface area (Å²) >= 11 is 0. The third-order valence-corrected chi connectivity index (χ3v) is 5.83. The first kappa shape index (κ1) is 19.8. The third-order valence-electron chi connectivity index (χ3n) is 5.83. The lowest BCUT2D eigenvalue weighted by atomic mass is 10.1. The molecule has 2 aromatic carbocycles. The zero-order valence-electron chi connectivity index (χ0n) is 18.0. The van der Waals surface area contributed by atoms with Gasteiger partial charge in [0, 0.05) is 31.0 Å². The van der Waals surface area contributed by atoms with E-state index in [4.69, 9.17) is 4.98 Å². The monoisotopic (exact) mass is 425 g/mol. The molecule has 0 aliphatic heterocycles. The summed E-state index contributed by atoms with van der Waals surface area (Å²) in [5.41, 5.74) is 4.01. The Balaban J connectivity index is 1.92. The van der Waals surface area contributed by atoms with E-state index < -0.39 is 5.69 Å². The number of fused-ring (bicyclic) bond motifs is 3. The van der Waals surface area contributed by atoms with Gasteiger partial charge >= 0.3 is 5.69 Å². The number of hydrogen-bond donors (Lipinski definition) is 0. The van der Waals surface area contributed by atoms with Crippen molar-refractivity contribution in [2.75, 3.05) is 0 Å². The van der Waals surface area contributed by atoms with Crippen LogP contribution >= 0.6 is 0 Å². The molecule has 0 aliphatic rings. The van der Waals surface area contributed by atoms with E-state index in [1.807, 2.05) is 41.1 Å². The SMILES string of the molecule is C=CCn1c(=O)c2c(nc3n(-c4ccc(CC)cc4)c(-c4ccccc4)cn23)n(C)c1=O. The Kier molecular flexibility index (Phi) is 4.66. The van der Waals surface area contributed by atoms with Crippen LogP contribution < -0.4 is 11.2 Å². The highest BCUT2D eigenvalue weighted by atomic mass is 16.2. The van der Waals surface area contributed by atoms with Gasteiger partial charge in [-0.1, -0.05) is 55.5 Å². The number of rotatable bonds is 5. The number of allylic oxidation sites excluding steroid dienone is 1. The molecular formula is C25H23N5O2. The van der Waals surface area contributed by atoms with Gasteiger partial charge in [0.25, 0.3) is 5.56 Å². The Bertz CT molecular complexity index is 1580. The molecule has 0 saturated carbocycles. The van der Waals surface area contributed by atoms with E-state index >= 15 is 0 Å². The molecule has 5 rings (SSSR count). The van der Waals surface area contributed by atoms with Crippen molar-refractivity contribution in [3.8, 4) is 16.9 Å². The fourth-order valence-electron chi connectivity index (χ4n) is 4.13. The van der Waals surface area contributed by atoms with E-state index in [-0.39, 0.29) is 12.1 Å². The molecule has 0 bridgehead atoms. The minimum atomic E-state index is -0.412. The second kappa shape index (κ2) is 7.53. The molecule has 0 saturated heterocycles. The van der Waals surface area contributed by atoms with Crippen molar-refractivity contribution in [3.05, 3.63) is 99.9 Å². The summed E-state index contributed by atoms with van der Waals surface area (Å²) < 4.78 is 6.41. The van der Waals surface area contributed by atoms with Crippen molar-refractivity contribution in [1.29, 1.82) is 0 Å². The second-order valence-corrected chi connectivity index (χ2v) is 7.74. The van der Waals surface area contributed by atoms with E-state index in [2.05, 4.69) is 37.8 Å². The van der Waals surface area contributed by atoms with Crippen molar-refractivity contribution >= 4 is 16.9 Å². The van der Waals surface area contributed by atoms with Gasteiger partial charge in [-0.05, 0) is 24.1 Å². The Labute approximate surface area is 184 Å². The number of imidazole rings is 2. The van der Waals surface area contributed by atoms with E-state index in [1.54, 1.807) is 17.5 Å². The molecule has 7 heteroatoms. The van der Waals surface area contributed by atoms with Crippen molar-refractivity contribution in [2.24, 2.45) is 7.05 Å². The third kappa shape index (κ3) is 2.85. The quantitative estimate of drug-likeness (QED) is 0.405. The summed E-state index contributed by atoms with van der Waals surface area (Å²) in [5.74, 6) is 0.576. The Hall–Kier alpha value is -4.13. The van der Waals surface area contributed by atoms with Gasteiger partial charge in [0.05, 0.1) is 5.69 Å². The first-order valence-corrected chi connectivity index (χ1v) is 10.5. The highest BCUT2D eigenvalue weighted by Gasteiger charge is 2.22. The van der Waals surface area contributed by atoms with Crippen LogP contribution in [0.2, 0.25) is 0 Å². The Morgan fingerprint density at radius 1 is 1.03 bits per heavy atom. The molecule has 5 aromatic rings. The topological polar surface area (TPSA) is 66.2 Å². The van der Waals surface area contributed by atoms with Crippen LogP contribution in [-0.2, 0) is 20.0 Å². The zero-order chi connectivity index (χ0) is 22.4. The summed E-state index contributed by atoms with van der Waals surface area (Å²) in [5, 5.41) is 0. The van der Waals surface area contributed by atoms with Gasteiger partial charge in [-0.25, -0.2) is 4.79 Å². The molecule has 0 fully saturated rings. The van der Waals surface area contributed by atoms with Crippen LogP contribution in [0.3, 0.4) is 0 Å². The summed E-state index contributed by atoms with van der Waals surface area (Å²) in [6.45, 7) is 5.93. The maximum atomic E-state index is 13.3. The minimum Gasteiger partial charge on any atom is -0.279 e. The predicted molar refractivity (Wildman–Crippen MR) is 127 cm³/mol. The van der Waals surface area contributed by atoms with Crippen LogP contribution in [0.15, 0.2) is 83.0 Å². The van der Waals surface area contributed by atoms with Crippen molar-refractivity contribution in [3.63, 3.8) is 0 Å². The number of nitrogens with zero attached hydrogens (tertiary/aromatic N) is 5. The molecule has 0 radical (unpaired) electrons. The van der Waals surface area contributed by atoms with Gasteiger partial charge in [-0.15, -0.1) is 6.58 Å². The molecule has 0 atom stereocenters. The van der Waals surface area contributed by atoms with Crippen LogP contribution in [-0.4, -0.2) is 23.1 Å². The van der Waals surface area contributed by atoms with Crippen molar-refractivity contribution in [2.45, 2.75) is 19.9 Å². The Morgan fingerprint density at radius 3 is 2.41 bits per heavy atom. The lowest BCUT2D eigenvalue weighted by Gasteiger charge is -2.10. The summed E-state index contributed by atoms with van der Waals surface area (Å²) in [7, 11) is 1.63. The summed E-state index contributed by atoms with van der Waals surface area (Å²) in [6.07, 6.45) is 4.41. The average Bonchev–Trinajstić information content (AvgIpc) is 3.37. The van der Waals surface area contributed by atoms with E-state index in [1.165, 1.54) is 14.7 Å². The molecule has 0 N–H and O–H groups in total. The number of benzene rings is 2. The number of aryl methyl sites for hydroxylation is 2. The fourth-order valence-corrected chi connectivity index (χ4v) is 4.13. The van der Waals surface area contributed by atoms with Gasteiger partial charge < -0.3 is 0 Å².